The van der Waals surface area contributed by atoms with E-state index in [9.17, 15) is 5.11 Å². The van der Waals surface area contributed by atoms with Crippen LogP contribution in [0.3, 0.4) is 0 Å². The van der Waals surface area contributed by atoms with Gasteiger partial charge >= 0.3 is 0 Å². The lowest BCUT2D eigenvalue weighted by Crippen LogP contribution is -2.36. The zero-order valence-corrected chi connectivity index (χ0v) is 12.9. The van der Waals surface area contributed by atoms with Gasteiger partial charge in [0.2, 0.25) is 0 Å². The minimum absolute atomic E-state index is 0.0719. The summed E-state index contributed by atoms with van der Waals surface area (Å²) in [7, 11) is 0. The molecule has 2 rings (SSSR count). The first-order chi connectivity index (χ1) is 10.2. The average molecular weight is 300 g/mol. The topological polar surface area (TPSA) is 35.5 Å². The van der Waals surface area contributed by atoms with Crippen LogP contribution in [0.4, 0.5) is 5.69 Å². The van der Waals surface area contributed by atoms with Crippen molar-refractivity contribution in [2.24, 2.45) is 0 Å². The minimum atomic E-state index is 0.0719. The highest BCUT2D eigenvalue weighted by atomic mass is 32.1. The molecule has 0 amide bonds. The Balaban J connectivity index is 2.05. The average Bonchev–Trinajstić information content (AvgIpc) is 2.48. The lowest BCUT2D eigenvalue weighted by Gasteiger charge is -2.25. The molecule has 4 heteroatoms. The first-order valence-electron chi connectivity index (χ1n) is 6.96. The molecule has 0 atom stereocenters. The van der Waals surface area contributed by atoms with Crippen LogP contribution in [0.15, 0.2) is 54.6 Å². The molecule has 0 aromatic heterocycles. The van der Waals surface area contributed by atoms with Gasteiger partial charge in [-0.05, 0) is 42.4 Å². The Kier molecular flexibility index (Phi) is 5.72. The van der Waals surface area contributed by atoms with Crippen LogP contribution in [0.25, 0.3) is 0 Å². The molecule has 3 nitrogen and oxygen atoms in total. The molecule has 2 aromatic rings. The standard InChI is InChI=1S/C17H20N2OS/c1-14-6-5-9-16(12-14)18-17(21)19(10-11-20)13-15-7-3-2-4-8-15/h2-9,12,20H,10-11,13H2,1H3,(H,18,21). The minimum Gasteiger partial charge on any atom is -0.395 e. The maximum Gasteiger partial charge on any atom is 0.173 e. The number of anilines is 1. The van der Waals surface area contributed by atoms with Gasteiger partial charge in [0.1, 0.15) is 0 Å². The third kappa shape index (κ3) is 4.85. The van der Waals surface area contributed by atoms with E-state index in [1.54, 1.807) is 0 Å². The summed E-state index contributed by atoms with van der Waals surface area (Å²) in [6.45, 7) is 3.30. The van der Waals surface area contributed by atoms with Crippen LogP contribution in [0, 0.1) is 6.92 Å². The number of nitrogens with one attached hydrogen (secondary N) is 1. The highest BCUT2D eigenvalue weighted by Gasteiger charge is 2.10. The Bertz CT molecular complexity index is 586. The maximum atomic E-state index is 9.24. The van der Waals surface area contributed by atoms with Gasteiger partial charge in [0.25, 0.3) is 0 Å². The summed E-state index contributed by atoms with van der Waals surface area (Å²) in [5.41, 5.74) is 3.31. The molecule has 0 saturated heterocycles. The van der Waals surface area contributed by atoms with Crippen molar-refractivity contribution in [3.8, 4) is 0 Å². The van der Waals surface area contributed by atoms with Gasteiger partial charge in [0, 0.05) is 18.8 Å². The summed E-state index contributed by atoms with van der Waals surface area (Å²) in [5.74, 6) is 0. The van der Waals surface area contributed by atoms with E-state index in [2.05, 4.69) is 17.4 Å². The third-order valence-corrected chi connectivity index (χ3v) is 3.50. The number of aryl methyl sites for hydroxylation is 1. The second-order valence-electron chi connectivity index (χ2n) is 4.93. The molecule has 0 radical (unpaired) electrons. The molecular weight excluding hydrogens is 280 g/mol. The quantitative estimate of drug-likeness (QED) is 0.831. The normalized spacial score (nSPS) is 10.2. The molecule has 2 N–H and O–H groups in total. The lowest BCUT2D eigenvalue weighted by molar-refractivity contribution is 0.248. The molecule has 0 saturated carbocycles. The van der Waals surface area contributed by atoms with Crippen molar-refractivity contribution in [1.29, 1.82) is 0 Å². The van der Waals surface area contributed by atoms with Crippen molar-refractivity contribution < 1.29 is 5.11 Å². The Morgan fingerprint density at radius 3 is 2.57 bits per heavy atom. The summed E-state index contributed by atoms with van der Waals surface area (Å²) in [4.78, 5) is 1.97. The van der Waals surface area contributed by atoms with E-state index in [4.69, 9.17) is 12.2 Å². The number of nitrogens with zero attached hydrogens (tertiary/aromatic N) is 1. The molecule has 21 heavy (non-hydrogen) atoms. The van der Waals surface area contributed by atoms with Gasteiger partial charge in [-0.1, -0.05) is 42.5 Å². The van der Waals surface area contributed by atoms with E-state index in [0.29, 0.717) is 18.2 Å². The van der Waals surface area contributed by atoms with Crippen LogP contribution in [-0.2, 0) is 6.54 Å². The monoisotopic (exact) mass is 300 g/mol. The Morgan fingerprint density at radius 2 is 1.90 bits per heavy atom. The number of rotatable bonds is 5. The van der Waals surface area contributed by atoms with Crippen molar-refractivity contribution in [1.82, 2.24) is 4.90 Å². The SMILES string of the molecule is Cc1cccc(NC(=S)N(CCO)Cc2ccccc2)c1. The highest BCUT2D eigenvalue weighted by Crippen LogP contribution is 2.12. The molecule has 0 unspecified atom stereocenters. The smallest absolute Gasteiger partial charge is 0.173 e. The maximum absolute atomic E-state index is 9.24. The fraction of sp³-hybridized carbons (Fsp3) is 0.235. The third-order valence-electron chi connectivity index (χ3n) is 3.14. The number of thiocarbonyl (C=S) groups is 1. The second kappa shape index (κ2) is 7.76. The van der Waals surface area contributed by atoms with E-state index in [1.807, 2.05) is 54.3 Å². The van der Waals surface area contributed by atoms with Gasteiger partial charge in [0.05, 0.1) is 6.61 Å². The van der Waals surface area contributed by atoms with Crippen molar-refractivity contribution in [2.75, 3.05) is 18.5 Å². The summed E-state index contributed by atoms with van der Waals surface area (Å²) in [5, 5.41) is 13.1. The molecular formula is C17H20N2OS. The van der Waals surface area contributed by atoms with Crippen LogP contribution in [0.1, 0.15) is 11.1 Å². The fourth-order valence-electron chi connectivity index (χ4n) is 2.10. The fourth-order valence-corrected chi connectivity index (χ4v) is 2.38. The van der Waals surface area contributed by atoms with Gasteiger partial charge in [0.15, 0.2) is 5.11 Å². The first-order valence-corrected chi connectivity index (χ1v) is 7.37. The van der Waals surface area contributed by atoms with Crippen molar-refractivity contribution in [3.05, 3.63) is 65.7 Å². The molecule has 0 heterocycles. The summed E-state index contributed by atoms with van der Waals surface area (Å²) in [6.07, 6.45) is 0. The van der Waals surface area contributed by atoms with Crippen LogP contribution in [0.5, 0.6) is 0 Å². The van der Waals surface area contributed by atoms with Crippen molar-refractivity contribution in [2.45, 2.75) is 13.5 Å². The van der Waals surface area contributed by atoms with E-state index < -0.39 is 0 Å². The Hall–Kier alpha value is -1.91. The summed E-state index contributed by atoms with van der Waals surface area (Å²) < 4.78 is 0. The molecule has 110 valence electrons. The zero-order valence-electron chi connectivity index (χ0n) is 12.1. The first kappa shape index (κ1) is 15.5. The number of benzene rings is 2. The van der Waals surface area contributed by atoms with Crippen molar-refractivity contribution >= 4 is 23.0 Å². The van der Waals surface area contributed by atoms with E-state index in [1.165, 1.54) is 11.1 Å². The molecule has 0 fully saturated rings. The van der Waals surface area contributed by atoms with Crippen LogP contribution >= 0.6 is 12.2 Å². The molecule has 0 aliphatic rings. The summed E-state index contributed by atoms with van der Waals surface area (Å²) in [6, 6.07) is 18.2. The number of hydrogen-bond donors (Lipinski definition) is 2. The van der Waals surface area contributed by atoms with Crippen molar-refractivity contribution in [3.63, 3.8) is 0 Å². The molecule has 0 aliphatic heterocycles. The highest BCUT2D eigenvalue weighted by molar-refractivity contribution is 7.80. The van der Waals surface area contributed by atoms with Gasteiger partial charge in [-0.15, -0.1) is 0 Å². The molecule has 2 aromatic carbocycles. The Morgan fingerprint density at radius 1 is 1.14 bits per heavy atom. The van der Waals surface area contributed by atoms with Gasteiger partial charge in [-0.3, -0.25) is 0 Å². The predicted molar refractivity (Wildman–Crippen MR) is 91.3 cm³/mol. The van der Waals surface area contributed by atoms with Crippen LogP contribution < -0.4 is 5.32 Å². The number of aliphatic hydroxyl groups excluding tert-OH is 1. The molecule has 0 spiro atoms. The predicted octanol–water partition coefficient (Wildman–Crippen LogP) is 3.19. The zero-order chi connectivity index (χ0) is 15.1. The van der Waals surface area contributed by atoms with Crippen LogP contribution in [0.2, 0.25) is 0 Å². The second-order valence-corrected chi connectivity index (χ2v) is 5.32. The Labute approximate surface area is 131 Å². The lowest BCUT2D eigenvalue weighted by atomic mass is 10.2. The molecule has 0 bridgehead atoms. The van der Waals surface area contributed by atoms with E-state index in [-0.39, 0.29) is 6.61 Å². The van der Waals surface area contributed by atoms with E-state index >= 15 is 0 Å². The van der Waals surface area contributed by atoms with Gasteiger partial charge < -0.3 is 15.3 Å². The van der Waals surface area contributed by atoms with Crippen LogP contribution in [-0.4, -0.2) is 28.3 Å². The number of aliphatic hydroxyl groups is 1. The number of hydrogen-bond acceptors (Lipinski definition) is 2. The van der Waals surface area contributed by atoms with Gasteiger partial charge in [-0.25, -0.2) is 0 Å². The van der Waals surface area contributed by atoms with Gasteiger partial charge in [-0.2, -0.15) is 0 Å². The largest absolute Gasteiger partial charge is 0.395 e. The molecule has 0 aliphatic carbocycles. The van der Waals surface area contributed by atoms with E-state index in [0.717, 1.165) is 5.69 Å². The summed E-state index contributed by atoms with van der Waals surface area (Å²) >= 11 is 5.47.